The van der Waals surface area contributed by atoms with Crippen molar-refractivity contribution < 1.29 is 70.0 Å². The summed E-state index contributed by atoms with van der Waals surface area (Å²) in [6.45, 7) is 15.7. The molecule has 6 fully saturated rings. The topological polar surface area (TPSA) is 239 Å². The Hall–Kier alpha value is -0.820. The summed E-state index contributed by atoms with van der Waals surface area (Å²) in [6.07, 6.45) is -9.52. The van der Waals surface area contributed by atoms with Crippen molar-refractivity contribution in [2.24, 2.45) is 45.3 Å². The molecule has 56 heavy (non-hydrogen) atoms. The molecule has 4 saturated carbocycles. The monoisotopic (exact) mass is 800 g/mol. The lowest BCUT2D eigenvalue weighted by atomic mass is 9.34. The minimum absolute atomic E-state index is 0.000258. The van der Waals surface area contributed by atoms with Crippen molar-refractivity contribution in [1.29, 1.82) is 0 Å². The van der Waals surface area contributed by atoms with Gasteiger partial charge in [0.15, 0.2) is 12.6 Å². The summed E-state index contributed by atoms with van der Waals surface area (Å²) in [6, 6.07) is 0. The van der Waals surface area contributed by atoms with Crippen molar-refractivity contribution in [2.75, 3.05) is 13.2 Å². The van der Waals surface area contributed by atoms with Crippen LogP contribution in [0.2, 0.25) is 0 Å². The maximum atomic E-state index is 12.6. The van der Waals surface area contributed by atoms with E-state index >= 15 is 0 Å². The number of ether oxygens (including phenoxy) is 4. The molecule has 6 aliphatic rings. The third kappa shape index (κ3) is 7.06. The van der Waals surface area contributed by atoms with Gasteiger partial charge in [0.2, 0.25) is 0 Å². The second kappa shape index (κ2) is 15.9. The highest BCUT2D eigenvalue weighted by Gasteiger charge is 2.74. The van der Waals surface area contributed by atoms with Crippen LogP contribution in [0.25, 0.3) is 0 Å². The molecule has 0 aromatic rings. The van der Waals surface area contributed by atoms with E-state index in [0.29, 0.717) is 44.9 Å². The second-order valence-electron chi connectivity index (χ2n) is 20.2. The first-order valence-corrected chi connectivity index (χ1v) is 21.0. The van der Waals surface area contributed by atoms with Crippen LogP contribution in [-0.4, -0.2) is 150 Å². The smallest absolute Gasteiger partial charge is 0.187 e. The van der Waals surface area contributed by atoms with E-state index in [2.05, 4.69) is 26.8 Å². The largest absolute Gasteiger partial charge is 0.394 e. The van der Waals surface area contributed by atoms with Crippen LogP contribution < -0.4 is 0 Å². The third-order valence-corrected chi connectivity index (χ3v) is 16.6. The Bertz CT molecular complexity index is 1400. The molecule has 6 rings (SSSR count). The average molecular weight is 801 g/mol. The van der Waals surface area contributed by atoms with Crippen molar-refractivity contribution in [3.63, 3.8) is 0 Å². The van der Waals surface area contributed by atoms with Crippen LogP contribution in [0, 0.1) is 45.3 Å². The molecule has 21 atom stereocenters. The van der Waals surface area contributed by atoms with Crippen LogP contribution in [0.3, 0.4) is 0 Å². The van der Waals surface area contributed by atoms with Crippen LogP contribution in [0.4, 0.5) is 0 Å². The van der Waals surface area contributed by atoms with Crippen LogP contribution in [0.1, 0.15) is 107 Å². The maximum absolute atomic E-state index is 12.6. The first-order chi connectivity index (χ1) is 26.0. The summed E-state index contributed by atoms with van der Waals surface area (Å²) in [7, 11) is 0. The second-order valence-corrected chi connectivity index (χ2v) is 20.2. The van der Waals surface area contributed by atoms with Gasteiger partial charge < -0.3 is 70.0 Å². The number of aliphatic hydroxyl groups excluding tert-OH is 10. The molecule has 2 saturated heterocycles. The zero-order chi connectivity index (χ0) is 41.5. The molecule has 0 aromatic heterocycles. The fourth-order valence-electron chi connectivity index (χ4n) is 13.5. The Labute approximate surface area is 331 Å². The van der Waals surface area contributed by atoms with Gasteiger partial charge in [0.25, 0.3) is 0 Å². The molecular weight excluding hydrogens is 728 g/mol. The van der Waals surface area contributed by atoms with Gasteiger partial charge in [-0.25, -0.2) is 0 Å². The van der Waals surface area contributed by atoms with Gasteiger partial charge in [-0.05, 0) is 117 Å². The Kier molecular flexibility index (Phi) is 12.7. The van der Waals surface area contributed by atoms with E-state index in [1.807, 2.05) is 34.6 Å². The van der Waals surface area contributed by atoms with Gasteiger partial charge in [-0.2, -0.15) is 0 Å². The lowest BCUT2D eigenvalue weighted by Crippen LogP contribution is -2.71. The predicted molar refractivity (Wildman–Crippen MR) is 202 cm³/mol. The molecule has 2 unspecified atom stereocenters. The standard InChI is InChI=1S/C42H72O14/c1-20(2)10-9-13-42(8,56-37-34(52)32(50)30(48)25(19-44)55-37)21-11-15-40(6)28(21)22(45)16-26-39(5)14-12-27(46)38(3,4)35(39)23(17-41(26,40)7)53-36-33(51)31(49)29(47)24(18-43)54-36/h10,21-37,43-52H,9,11-19H2,1-8H3/t21?,22-,23+,24-,25-,26-,27+,28?,29-,30-,31+,32+,33-,34-,35+,36-,37+,39-,40-,41-,42+/m1/s1. The lowest BCUT2D eigenvalue weighted by Gasteiger charge is -2.72. The molecule has 14 nitrogen and oxygen atoms in total. The van der Waals surface area contributed by atoms with Gasteiger partial charge in [0.1, 0.15) is 48.8 Å². The zero-order valence-corrected chi connectivity index (χ0v) is 34.6. The van der Waals surface area contributed by atoms with Crippen molar-refractivity contribution >= 4 is 0 Å². The molecule has 2 heterocycles. The maximum Gasteiger partial charge on any atom is 0.187 e. The molecule has 2 aliphatic heterocycles. The molecule has 14 heteroatoms. The minimum atomic E-state index is -1.61. The first-order valence-electron chi connectivity index (χ1n) is 21.0. The number of rotatable bonds is 10. The molecule has 10 N–H and O–H groups in total. The number of allylic oxidation sites excluding steroid dienone is 2. The van der Waals surface area contributed by atoms with E-state index in [4.69, 9.17) is 18.9 Å². The number of hydrogen-bond donors (Lipinski definition) is 10. The summed E-state index contributed by atoms with van der Waals surface area (Å²) in [5.74, 6) is -0.781. The number of hydrogen-bond acceptors (Lipinski definition) is 14. The van der Waals surface area contributed by atoms with Crippen molar-refractivity contribution in [3.8, 4) is 0 Å². The molecule has 324 valence electrons. The molecule has 0 aromatic carbocycles. The third-order valence-electron chi connectivity index (χ3n) is 16.6. The van der Waals surface area contributed by atoms with Gasteiger partial charge in [0.05, 0.1) is 37.1 Å². The Morgan fingerprint density at radius 2 is 1.32 bits per heavy atom. The minimum Gasteiger partial charge on any atom is -0.394 e. The summed E-state index contributed by atoms with van der Waals surface area (Å²) in [5, 5.41) is 109. The summed E-state index contributed by atoms with van der Waals surface area (Å²) in [4.78, 5) is 0. The Balaban J connectivity index is 1.39. The quantitative estimate of drug-likeness (QED) is 0.110. The van der Waals surface area contributed by atoms with E-state index in [0.717, 1.165) is 12.0 Å². The van der Waals surface area contributed by atoms with E-state index in [1.54, 1.807) is 0 Å². The van der Waals surface area contributed by atoms with Gasteiger partial charge >= 0.3 is 0 Å². The highest BCUT2D eigenvalue weighted by atomic mass is 16.7. The Morgan fingerprint density at radius 3 is 1.89 bits per heavy atom. The van der Waals surface area contributed by atoms with Gasteiger partial charge in [-0.3, -0.25) is 0 Å². The highest BCUT2D eigenvalue weighted by molar-refractivity contribution is 5.22. The van der Waals surface area contributed by atoms with Gasteiger partial charge in [-0.1, -0.05) is 46.3 Å². The van der Waals surface area contributed by atoms with Crippen LogP contribution in [0.15, 0.2) is 11.6 Å². The zero-order valence-electron chi connectivity index (χ0n) is 34.6. The summed E-state index contributed by atoms with van der Waals surface area (Å²) in [5.41, 5.74) is -1.92. The van der Waals surface area contributed by atoms with E-state index in [9.17, 15) is 51.1 Å². The van der Waals surface area contributed by atoms with Crippen molar-refractivity contribution in [1.82, 2.24) is 0 Å². The molecular formula is C42H72O14. The van der Waals surface area contributed by atoms with E-state index in [-0.39, 0.29) is 23.7 Å². The van der Waals surface area contributed by atoms with Crippen molar-refractivity contribution in [3.05, 3.63) is 11.6 Å². The van der Waals surface area contributed by atoms with Crippen LogP contribution in [-0.2, 0) is 18.9 Å². The normalized spacial score (nSPS) is 52.6. The Morgan fingerprint density at radius 1 is 0.750 bits per heavy atom. The van der Waals surface area contributed by atoms with Gasteiger partial charge in [-0.15, -0.1) is 0 Å². The average Bonchev–Trinajstić information content (AvgIpc) is 3.52. The molecule has 0 bridgehead atoms. The SMILES string of the molecule is CC(C)=CCC[C@](C)(O[C@@H]1O[C@H](CO)[C@@H](O)[C@H](O)[C@H]1O)C1CC[C@]2(C)C1[C@H](O)C[C@@H]1[C@@]3(C)CC[C@H](O)C(C)(C)[C@@H]3[C@@H](O[C@@H]3O[C@H](CO)[C@@H](O)[C@H](O)[C@H]3O)C[C@]12C. The molecule has 0 spiro atoms. The lowest BCUT2D eigenvalue weighted by molar-refractivity contribution is -0.349. The predicted octanol–water partition coefficient (Wildman–Crippen LogP) is 1.12. The van der Waals surface area contributed by atoms with Crippen LogP contribution in [0.5, 0.6) is 0 Å². The van der Waals surface area contributed by atoms with E-state index < -0.39 is 120 Å². The molecule has 0 radical (unpaired) electrons. The fourth-order valence-corrected chi connectivity index (χ4v) is 13.5. The van der Waals surface area contributed by atoms with Crippen LogP contribution >= 0.6 is 0 Å². The summed E-state index contributed by atoms with van der Waals surface area (Å²) < 4.78 is 25.4. The first kappa shape index (κ1) is 44.7. The highest BCUT2D eigenvalue weighted by Crippen LogP contribution is 2.76. The van der Waals surface area contributed by atoms with Gasteiger partial charge in [0, 0.05) is 0 Å². The van der Waals surface area contributed by atoms with E-state index in [1.165, 1.54) is 0 Å². The molecule has 4 aliphatic carbocycles. The molecule has 0 amide bonds. The summed E-state index contributed by atoms with van der Waals surface area (Å²) >= 11 is 0. The number of aliphatic hydroxyl groups is 10. The van der Waals surface area contributed by atoms with Crippen molar-refractivity contribution in [2.45, 2.75) is 192 Å². The fraction of sp³-hybridized carbons (Fsp3) is 0.952. The number of fused-ring (bicyclic) bond motifs is 5.